The van der Waals surface area contributed by atoms with E-state index in [1.54, 1.807) is 14.2 Å². The molecule has 3 rings (SSSR count). The fraction of sp³-hybridized carbons (Fsp3) is 0.304. The van der Waals surface area contributed by atoms with Gasteiger partial charge in [0.15, 0.2) is 0 Å². The Hall–Kier alpha value is -3.32. The summed E-state index contributed by atoms with van der Waals surface area (Å²) < 4.78 is 10.7. The molecule has 7 nitrogen and oxygen atoms in total. The summed E-state index contributed by atoms with van der Waals surface area (Å²) in [6, 6.07) is 17.6. The Morgan fingerprint density at radius 3 is 2.23 bits per heavy atom. The van der Waals surface area contributed by atoms with Crippen LogP contribution in [0.1, 0.15) is 6.42 Å². The number of ether oxygens (including phenoxy) is 2. The predicted octanol–water partition coefficient (Wildman–Crippen LogP) is 4.27. The molecular formula is C23H29N5O2. The van der Waals surface area contributed by atoms with E-state index in [1.807, 2.05) is 54.6 Å². The van der Waals surface area contributed by atoms with E-state index < -0.39 is 0 Å². The smallest absolute Gasteiger partial charge is 0.225 e. The van der Waals surface area contributed by atoms with Gasteiger partial charge < -0.3 is 25.0 Å². The lowest BCUT2D eigenvalue weighted by atomic mass is 10.1. The van der Waals surface area contributed by atoms with Gasteiger partial charge in [-0.15, -0.1) is 0 Å². The van der Waals surface area contributed by atoms with Gasteiger partial charge in [-0.1, -0.05) is 30.3 Å². The molecule has 1 heterocycles. The van der Waals surface area contributed by atoms with Gasteiger partial charge in [-0.3, -0.25) is 0 Å². The van der Waals surface area contributed by atoms with Crippen LogP contribution in [0.4, 0.5) is 17.5 Å². The van der Waals surface area contributed by atoms with E-state index in [-0.39, 0.29) is 0 Å². The fourth-order valence-corrected chi connectivity index (χ4v) is 2.97. The molecule has 2 aromatic carbocycles. The van der Waals surface area contributed by atoms with E-state index in [0.29, 0.717) is 23.3 Å². The molecule has 2 N–H and O–H groups in total. The molecular weight excluding hydrogens is 378 g/mol. The lowest BCUT2D eigenvalue weighted by molar-refractivity contribution is 0.395. The molecule has 0 fully saturated rings. The van der Waals surface area contributed by atoms with Crippen LogP contribution in [0.2, 0.25) is 0 Å². The Morgan fingerprint density at radius 2 is 1.60 bits per heavy atom. The number of anilines is 3. The third-order valence-electron chi connectivity index (χ3n) is 4.48. The van der Waals surface area contributed by atoms with E-state index >= 15 is 0 Å². The van der Waals surface area contributed by atoms with Gasteiger partial charge in [0.05, 0.1) is 19.9 Å². The minimum atomic E-state index is 0.590. The largest absolute Gasteiger partial charge is 0.497 e. The number of nitrogens with one attached hydrogen (secondary N) is 2. The van der Waals surface area contributed by atoms with E-state index in [0.717, 1.165) is 36.5 Å². The first kappa shape index (κ1) is 21.4. The van der Waals surface area contributed by atoms with Crippen molar-refractivity contribution in [1.82, 2.24) is 14.9 Å². The van der Waals surface area contributed by atoms with E-state index in [4.69, 9.17) is 14.5 Å². The van der Waals surface area contributed by atoms with Crippen LogP contribution >= 0.6 is 0 Å². The van der Waals surface area contributed by atoms with Crippen molar-refractivity contribution in [3.63, 3.8) is 0 Å². The second-order valence-electron chi connectivity index (χ2n) is 7.14. The highest BCUT2D eigenvalue weighted by Gasteiger charge is 2.09. The number of benzene rings is 2. The molecule has 158 valence electrons. The lowest BCUT2D eigenvalue weighted by Crippen LogP contribution is -2.17. The molecule has 7 heteroatoms. The number of hydrogen-bond acceptors (Lipinski definition) is 7. The van der Waals surface area contributed by atoms with E-state index in [2.05, 4.69) is 34.6 Å². The first-order chi connectivity index (χ1) is 14.6. The average molecular weight is 408 g/mol. The third-order valence-corrected chi connectivity index (χ3v) is 4.48. The molecule has 3 aromatic rings. The van der Waals surface area contributed by atoms with Crippen LogP contribution in [0.15, 0.2) is 54.6 Å². The van der Waals surface area contributed by atoms with Crippen molar-refractivity contribution in [3.05, 3.63) is 54.6 Å². The first-order valence-electron chi connectivity index (χ1n) is 9.90. The van der Waals surface area contributed by atoms with Crippen molar-refractivity contribution < 1.29 is 9.47 Å². The van der Waals surface area contributed by atoms with Crippen LogP contribution < -0.4 is 20.1 Å². The molecule has 0 bridgehead atoms. The summed E-state index contributed by atoms with van der Waals surface area (Å²) >= 11 is 0. The van der Waals surface area contributed by atoms with Crippen molar-refractivity contribution >= 4 is 17.5 Å². The monoisotopic (exact) mass is 407 g/mol. The molecule has 30 heavy (non-hydrogen) atoms. The zero-order valence-corrected chi connectivity index (χ0v) is 18.0. The van der Waals surface area contributed by atoms with Gasteiger partial charge in [-0.2, -0.15) is 4.98 Å². The molecule has 0 aliphatic rings. The second-order valence-corrected chi connectivity index (χ2v) is 7.14. The normalized spacial score (nSPS) is 10.7. The number of rotatable bonds is 10. The summed E-state index contributed by atoms with van der Waals surface area (Å²) in [4.78, 5) is 11.5. The topological polar surface area (TPSA) is 71.5 Å². The van der Waals surface area contributed by atoms with Gasteiger partial charge in [0.1, 0.15) is 17.3 Å². The molecule has 0 amide bonds. The SMILES string of the molecule is COc1cc(Nc2cc(-c3ccccc3)nc(NCCCN(C)C)n2)cc(OC)c1. The van der Waals surface area contributed by atoms with Gasteiger partial charge in [0.25, 0.3) is 0 Å². The highest BCUT2D eigenvalue weighted by molar-refractivity contribution is 5.68. The summed E-state index contributed by atoms with van der Waals surface area (Å²) in [6.45, 7) is 1.79. The molecule has 0 saturated heterocycles. The summed E-state index contributed by atoms with van der Waals surface area (Å²) in [7, 11) is 7.40. The maximum atomic E-state index is 5.37. The van der Waals surface area contributed by atoms with Crippen LogP contribution in [0.5, 0.6) is 11.5 Å². The van der Waals surface area contributed by atoms with Crippen LogP contribution in [0.3, 0.4) is 0 Å². The predicted molar refractivity (Wildman–Crippen MR) is 122 cm³/mol. The summed E-state index contributed by atoms with van der Waals surface area (Å²) in [6.07, 6.45) is 1.00. The summed E-state index contributed by atoms with van der Waals surface area (Å²) in [5.41, 5.74) is 2.70. The minimum absolute atomic E-state index is 0.590. The van der Waals surface area contributed by atoms with Crippen molar-refractivity contribution in [1.29, 1.82) is 0 Å². The second kappa shape index (κ2) is 10.5. The van der Waals surface area contributed by atoms with Gasteiger partial charge in [0.2, 0.25) is 5.95 Å². The first-order valence-corrected chi connectivity index (χ1v) is 9.90. The molecule has 0 saturated carbocycles. The lowest BCUT2D eigenvalue weighted by Gasteiger charge is -2.14. The number of methoxy groups -OCH3 is 2. The van der Waals surface area contributed by atoms with Crippen molar-refractivity contribution in [2.45, 2.75) is 6.42 Å². The van der Waals surface area contributed by atoms with Crippen molar-refractivity contribution in [2.75, 3.05) is 52.0 Å². The molecule has 0 unspecified atom stereocenters. The molecule has 0 atom stereocenters. The Kier molecular flexibility index (Phi) is 7.45. The Balaban J connectivity index is 1.88. The molecule has 0 aliphatic carbocycles. The highest BCUT2D eigenvalue weighted by Crippen LogP contribution is 2.29. The Labute approximate surface area is 178 Å². The van der Waals surface area contributed by atoms with Crippen LogP contribution in [0.25, 0.3) is 11.3 Å². The van der Waals surface area contributed by atoms with Crippen LogP contribution in [0, 0.1) is 0 Å². The third kappa shape index (κ3) is 6.09. The quantitative estimate of drug-likeness (QED) is 0.486. The molecule has 1 aromatic heterocycles. The standard InChI is InChI=1S/C23H29N5O2/c1-28(2)12-8-11-24-23-26-21(17-9-6-5-7-10-17)16-22(27-23)25-18-13-19(29-3)15-20(14-18)30-4/h5-7,9-10,13-16H,8,11-12H2,1-4H3,(H2,24,25,26,27). The summed E-state index contributed by atoms with van der Waals surface area (Å²) in [5, 5.41) is 6.70. The van der Waals surface area contributed by atoms with Crippen LogP contribution in [-0.4, -0.2) is 56.3 Å². The average Bonchev–Trinajstić information content (AvgIpc) is 2.76. The van der Waals surface area contributed by atoms with Gasteiger partial charge in [-0.25, -0.2) is 4.98 Å². The van der Waals surface area contributed by atoms with E-state index in [9.17, 15) is 0 Å². The van der Waals surface area contributed by atoms with E-state index in [1.165, 1.54) is 0 Å². The highest BCUT2D eigenvalue weighted by atomic mass is 16.5. The fourth-order valence-electron chi connectivity index (χ4n) is 2.97. The minimum Gasteiger partial charge on any atom is -0.497 e. The molecule has 0 aliphatic heterocycles. The Bertz CT molecular complexity index is 925. The molecule has 0 radical (unpaired) electrons. The maximum absolute atomic E-state index is 5.37. The summed E-state index contributed by atoms with van der Waals surface area (Å²) in [5.74, 6) is 2.69. The van der Waals surface area contributed by atoms with Crippen LogP contribution in [-0.2, 0) is 0 Å². The van der Waals surface area contributed by atoms with Gasteiger partial charge in [0, 0.05) is 42.1 Å². The zero-order chi connectivity index (χ0) is 21.3. The molecule has 0 spiro atoms. The number of aromatic nitrogens is 2. The number of nitrogens with zero attached hydrogens (tertiary/aromatic N) is 3. The van der Waals surface area contributed by atoms with Crippen molar-refractivity contribution in [2.24, 2.45) is 0 Å². The maximum Gasteiger partial charge on any atom is 0.225 e. The van der Waals surface area contributed by atoms with Gasteiger partial charge in [-0.05, 0) is 27.1 Å². The Morgan fingerprint density at radius 1 is 0.900 bits per heavy atom. The van der Waals surface area contributed by atoms with Gasteiger partial charge >= 0.3 is 0 Å². The zero-order valence-electron chi connectivity index (χ0n) is 18.0. The number of hydrogen-bond donors (Lipinski definition) is 2. The van der Waals surface area contributed by atoms with Crippen molar-refractivity contribution in [3.8, 4) is 22.8 Å².